The van der Waals surface area contributed by atoms with Crippen molar-refractivity contribution in [2.24, 2.45) is 0 Å². The minimum absolute atomic E-state index is 1.84. The first-order chi connectivity index (χ1) is 10.4. The topological polar surface area (TPSA) is 98.7 Å². The fourth-order valence-corrected chi connectivity index (χ4v) is 0.125. The number of hydrogen-bond donors (Lipinski definition) is 4. The van der Waals surface area contributed by atoms with E-state index in [2.05, 4.69) is 0 Å². The minimum Gasteiger partial charge on any atom is -0.317 e. The summed E-state index contributed by atoms with van der Waals surface area (Å²) in [5, 5.41) is 3.68. The highest BCUT2D eigenvalue weighted by molar-refractivity contribution is 7.79. The van der Waals surface area contributed by atoms with Gasteiger partial charge in [-0.2, -0.15) is 8.42 Å². The van der Waals surface area contributed by atoms with Crippen molar-refractivity contribution in [3.63, 3.8) is 0 Å². The van der Waals surface area contributed by atoms with E-state index in [4.69, 9.17) is 34.0 Å². The van der Waals surface area contributed by atoms with Crippen molar-refractivity contribution < 1.29 is 34.0 Å². The second-order valence-corrected chi connectivity index (χ2v) is 2.34. The van der Waals surface area contributed by atoms with Gasteiger partial charge in [0.1, 0.15) is 0 Å². The summed E-state index contributed by atoms with van der Waals surface area (Å²) in [6.45, 7) is -8.96. The van der Waals surface area contributed by atoms with Crippen LogP contribution in [0.25, 0.3) is 0 Å². The molecule has 0 aromatic carbocycles. The Morgan fingerprint density at radius 1 is 1.00 bits per heavy atom. The van der Waals surface area contributed by atoms with Gasteiger partial charge in [0.15, 0.2) is 0 Å². The molecule has 0 bridgehead atoms. The molecule has 2 aliphatic rings. The van der Waals surface area contributed by atoms with Crippen LogP contribution >= 0.6 is 0 Å². The summed E-state index contributed by atoms with van der Waals surface area (Å²) in [5.74, 6) is 0. The van der Waals surface area contributed by atoms with Gasteiger partial charge in [-0.05, 0) is 38.7 Å². The Kier molecular flexibility index (Phi) is 1.74. The van der Waals surface area contributed by atoms with Crippen LogP contribution in [0.4, 0.5) is 0 Å². The van der Waals surface area contributed by atoms with Crippen LogP contribution in [0.2, 0.25) is 0 Å². The predicted octanol–water partition coefficient (Wildman–Crippen LogP) is -0.693. The molecule has 0 atom stereocenters. The van der Waals surface area contributed by atoms with Crippen LogP contribution in [-0.2, 0) is 10.4 Å². The van der Waals surface area contributed by atoms with E-state index >= 15 is 0 Å². The fourth-order valence-electron chi connectivity index (χ4n) is 0.125. The number of rotatable bonds is 0. The van der Waals surface area contributed by atoms with E-state index in [9.17, 15) is 0 Å². The van der Waals surface area contributed by atoms with Gasteiger partial charge in [-0.3, -0.25) is 9.11 Å². The third-order valence-electron chi connectivity index (χ3n) is 0.500. The molecule has 4 N–H and O–H groups in total. The molecule has 2 aliphatic heterocycles. The molecule has 13 heavy (non-hydrogen) atoms. The van der Waals surface area contributed by atoms with Crippen molar-refractivity contribution in [2.75, 3.05) is 26.0 Å². The SMILES string of the molecule is O=S(=O)(O)O.[2H]C1([2H])NC([2H])([2H])C1([2H])[2H].[2H]C1([2H])NC([2H])([2H])C1([2H])[2H]. The summed E-state index contributed by atoms with van der Waals surface area (Å²) in [5.41, 5.74) is 0. The zero-order chi connectivity index (χ0) is 20.9. The van der Waals surface area contributed by atoms with Crippen molar-refractivity contribution >= 4 is 10.4 Å². The summed E-state index contributed by atoms with van der Waals surface area (Å²) in [6.07, 6.45) is -4.86. The van der Waals surface area contributed by atoms with Crippen LogP contribution in [0, 0.1) is 0 Å². The highest BCUT2D eigenvalue weighted by Crippen LogP contribution is 1.81. The van der Waals surface area contributed by atoms with E-state index in [1.165, 1.54) is 0 Å². The van der Waals surface area contributed by atoms with Crippen LogP contribution in [0.3, 0.4) is 0 Å². The first-order valence-electron chi connectivity index (χ1n) is 8.70. The molecule has 6 nitrogen and oxygen atoms in total. The van der Waals surface area contributed by atoms with Crippen molar-refractivity contribution in [1.29, 1.82) is 0 Å². The Labute approximate surface area is 95.2 Å². The largest absolute Gasteiger partial charge is 0.394 e. The Bertz CT molecular complexity index is 527. The summed E-state index contributed by atoms with van der Waals surface area (Å²) in [4.78, 5) is 0. The molecule has 0 aromatic heterocycles. The van der Waals surface area contributed by atoms with E-state index in [1.807, 2.05) is 10.6 Å². The predicted molar refractivity (Wildman–Crippen MR) is 49.2 cm³/mol. The first kappa shape index (κ1) is 3.14. The maximum atomic E-state index is 8.74. The molecular weight excluding hydrogens is 196 g/mol. The zero-order valence-electron chi connectivity index (χ0n) is 18.1. The van der Waals surface area contributed by atoms with Gasteiger partial charge in [-0.1, -0.05) is 0 Å². The molecule has 2 heterocycles. The normalized spacial score (nSPS) is 56.2. The standard InChI is InChI=1S/2C3H7N.H2O4S/c2*1-2-4-3-1;1-5(2,3)4/h2*4H,1-3H2;(H2,1,2,3,4)/i2*1D2,2D2,3D2;. The van der Waals surface area contributed by atoms with Gasteiger partial charge in [0.25, 0.3) is 0 Å². The molecule has 0 spiro atoms. The highest BCUT2D eigenvalue weighted by atomic mass is 32.3. The van der Waals surface area contributed by atoms with Crippen LogP contribution in [-0.4, -0.2) is 43.5 Å². The molecule has 0 radical (unpaired) electrons. The average Bonchev–Trinajstić information content (AvgIpc) is 2.23. The van der Waals surface area contributed by atoms with Gasteiger partial charge in [-0.15, -0.1) is 0 Å². The van der Waals surface area contributed by atoms with Gasteiger partial charge in [0.05, 0.1) is 0 Å². The molecule has 2 rings (SSSR count). The summed E-state index contributed by atoms with van der Waals surface area (Å²) in [6, 6.07) is 0. The number of nitrogens with one attached hydrogen (secondary N) is 2. The summed E-state index contributed by atoms with van der Waals surface area (Å²) in [7, 11) is -4.67. The molecule has 0 aromatic rings. The van der Waals surface area contributed by atoms with Crippen LogP contribution in [0.1, 0.15) is 29.2 Å². The fraction of sp³-hybridized carbons (Fsp3) is 1.00. The van der Waals surface area contributed by atoms with E-state index in [-0.39, 0.29) is 0 Å². The van der Waals surface area contributed by atoms with Crippen LogP contribution < -0.4 is 10.6 Å². The monoisotopic (exact) mass is 224 g/mol. The zero-order valence-corrected chi connectivity index (χ0v) is 6.94. The molecular formula is C6H16N2O4S. The first-order valence-corrected chi connectivity index (χ1v) is 4.10. The summed E-state index contributed by atoms with van der Waals surface area (Å²) >= 11 is 0. The lowest BCUT2D eigenvalue weighted by Gasteiger charge is -2.09. The second kappa shape index (κ2) is 7.22. The van der Waals surface area contributed by atoms with E-state index in [1.54, 1.807) is 0 Å². The van der Waals surface area contributed by atoms with Crippen LogP contribution in [0.5, 0.6) is 0 Å². The van der Waals surface area contributed by atoms with E-state index in [0.717, 1.165) is 0 Å². The van der Waals surface area contributed by atoms with Crippen LogP contribution in [0.15, 0.2) is 0 Å². The molecule has 0 unspecified atom stereocenters. The second-order valence-electron chi connectivity index (χ2n) is 1.45. The van der Waals surface area contributed by atoms with Gasteiger partial charge >= 0.3 is 10.4 Å². The van der Waals surface area contributed by atoms with Gasteiger partial charge in [0, 0.05) is 16.4 Å². The molecule has 2 fully saturated rings. The lowest BCUT2D eigenvalue weighted by molar-refractivity contribution is 0.381. The average molecular weight is 224 g/mol. The Balaban J connectivity index is 0.000000368. The third-order valence-corrected chi connectivity index (χ3v) is 0.500. The molecule has 7 heteroatoms. The molecule has 2 saturated heterocycles. The smallest absolute Gasteiger partial charge is 0.317 e. The maximum absolute atomic E-state index is 8.74. The van der Waals surface area contributed by atoms with Gasteiger partial charge in [0.2, 0.25) is 0 Å². The lowest BCUT2D eigenvalue weighted by Crippen LogP contribution is -2.29. The Morgan fingerprint density at radius 3 is 1.23 bits per heavy atom. The highest BCUT2D eigenvalue weighted by Gasteiger charge is 1.92. The van der Waals surface area contributed by atoms with E-state index < -0.39 is 49.1 Å². The molecule has 0 amide bonds. The third kappa shape index (κ3) is 18.6. The summed E-state index contributed by atoms with van der Waals surface area (Å²) < 4.78 is 114. The lowest BCUT2D eigenvalue weighted by atomic mass is 10.3. The van der Waals surface area contributed by atoms with Crippen molar-refractivity contribution in [3.05, 3.63) is 0 Å². The molecule has 0 aliphatic carbocycles. The van der Waals surface area contributed by atoms with Crippen molar-refractivity contribution in [3.8, 4) is 0 Å². The Hall–Kier alpha value is -0.210. The molecule has 0 saturated carbocycles. The van der Waals surface area contributed by atoms with Crippen molar-refractivity contribution in [1.82, 2.24) is 10.6 Å². The maximum Gasteiger partial charge on any atom is 0.394 e. The van der Waals surface area contributed by atoms with Gasteiger partial charge in [-0.25, -0.2) is 0 Å². The van der Waals surface area contributed by atoms with E-state index in [0.29, 0.717) is 0 Å². The van der Waals surface area contributed by atoms with Crippen molar-refractivity contribution in [2.45, 2.75) is 12.7 Å². The quantitative estimate of drug-likeness (QED) is 0.406. The minimum atomic E-state index is -4.67. The Morgan fingerprint density at radius 2 is 1.23 bits per heavy atom. The number of hydrogen-bond acceptors (Lipinski definition) is 4. The van der Waals surface area contributed by atoms with Gasteiger partial charge < -0.3 is 10.6 Å². The molecule has 80 valence electrons.